The van der Waals surface area contributed by atoms with Gasteiger partial charge < -0.3 is 14.4 Å². The van der Waals surface area contributed by atoms with E-state index in [-0.39, 0.29) is 11.7 Å². The fourth-order valence-electron chi connectivity index (χ4n) is 4.74. The minimum atomic E-state index is -0.175. The third-order valence-electron chi connectivity index (χ3n) is 7.13. The number of benzene rings is 1. The Kier molecular flexibility index (Phi) is 5.42. The van der Waals surface area contributed by atoms with Crippen molar-refractivity contribution in [3.63, 3.8) is 0 Å². The van der Waals surface area contributed by atoms with Crippen LogP contribution in [0.25, 0.3) is 0 Å². The first-order valence-electron chi connectivity index (χ1n) is 11.5. The lowest BCUT2D eigenvalue weighted by molar-refractivity contribution is 0.0473. The van der Waals surface area contributed by atoms with Crippen LogP contribution in [0, 0.1) is 17.8 Å². The van der Waals surface area contributed by atoms with Gasteiger partial charge in [-0.2, -0.15) is 0 Å². The number of hydrogen-bond acceptors (Lipinski definition) is 7. The highest BCUT2D eigenvalue weighted by molar-refractivity contribution is 5.78. The molecule has 8 heteroatoms. The molecule has 1 saturated heterocycles. The van der Waals surface area contributed by atoms with E-state index in [1.165, 1.54) is 6.42 Å². The minimum Gasteiger partial charge on any atom is -0.494 e. The molecule has 0 spiro atoms. The molecule has 0 radical (unpaired) electrons. The molecule has 168 valence electrons. The molecule has 2 aliphatic heterocycles. The molecular weight excluding hydrogens is 394 g/mol. The van der Waals surface area contributed by atoms with E-state index >= 15 is 0 Å². The third-order valence-corrected chi connectivity index (χ3v) is 7.13. The number of hydrogen-bond donors (Lipinski definition) is 1. The van der Waals surface area contributed by atoms with Gasteiger partial charge in [0.15, 0.2) is 0 Å². The van der Waals surface area contributed by atoms with Crippen molar-refractivity contribution in [2.24, 2.45) is 22.9 Å². The number of nitrogens with zero attached hydrogens (tertiary/aromatic N) is 4. The van der Waals surface area contributed by atoms with Gasteiger partial charge in [-0.3, -0.25) is 0 Å². The van der Waals surface area contributed by atoms with Crippen LogP contribution in [0.5, 0.6) is 5.75 Å². The minimum absolute atomic E-state index is 0.106. The molecule has 0 aromatic heterocycles. The Morgan fingerprint density at radius 3 is 2.61 bits per heavy atom. The van der Waals surface area contributed by atoms with Gasteiger partial charge in [0.25, 0.3) is 0 Å². The van der Waals surface area contributed by atoms with E-state index in [1.54, 1.807) is 11.5 Å². The lowest BCUT2D eigenvalue weighted by atomic mass is 9.91. The Labute approximate surface area is 184 Å². The average Bonchev–Trinajstić information content (AvgIpc) is 3.67. The van der Waals surface area contributed by atoms with E-state index in [0.717, 1.165) is 81.0 Å². The van der Waals surface area contributed by atoms with Gasteiger partial charge in [0.2, 0.25) is 0 Å². The summed E-state index contributed by atoms with van der Waals surface area (Å²) in [6.45, 7) is 4.48. The Morgan fingerprint density at radius 1 is 1.23 bits per heavy atom. The number of hydrazone groups is 1. The molecule has 31 heavy (non-hydrogen) atoms. The van der Waals surface area contributed by atoms with Crippen molar-refractivity contribution in [3.05, 3.63) is 24.3 Å². The number of hydrazine groups is 2. The van der Waals surface area contributed by atoms with Crippen LogP contribution in [-0.2, 0) is 4.74 Å². The van der Waals surface area contributed by atoms with E-state index in [4.69, 9.17) is 9.47 Å². The molecule has 8 nitrogen and oxygen atoms in total. The summed E-state index contributed by atoms with van der Waals surface area (Å²) in [6, 6.07) is 8.06. The van der Waals surface area contributed by atoms with Crippen LogP contribution < -0.4 is 15.3 Å². The highest BCUT2D eigenvalue weighted by atomic mass is 16.6. The number of rotatable bonds is 7. The van der Waals surface area contributed by atoms with Crippen molar-refractivity contribution in [2.75, 3.05) is 31.8 Å². The summed E-state index contributed by atoms with van der Waals surface area (Å²) in [5, 5.41) is 7.64. The number of carbonyl (C=O) groups is 1. The molecule has 2 aliphatic carbocycles. The predicted octanol–water partition coefficient (Wildman–Crippen LogP) is 3.61. The lowest BCUT2D eigenvalue weighted by Crippen LogP contribution is -2.40. The van der Waals surface area contributed by atoms with Gasteiger partial charge in [-0.1, -0.05) is 0 Å². The molecule has 4 aliphatic rings. The van der Waals surface area contributed by atoms with E-state index in [2.05, 4.69) is 10.6 Å². The largest absolute Gasteiger partial charge is 0.494 e. The molecule has 1 aromatic carbocycles. The maximum absolute atomic E-state index is 12.3. The molecule has 1 aromatic rings. The molecule has 2 saturated carbocycles. The zero-order valence-electron chi connectivity index (χ0n) is 18.5. The lowest BCUT2D eigenvalue weighted by Gasteiger charge is -2.32. The second kappa shape index (κ2) is 8.22. The number of nitrogens with one attached hydrogen (secondary N) is 1. The van der Waals surface area contributed by atoms with E-state index in [0.29, 0.717) is 0 Å². The predicted molar refractivity (Wildman–Crippen MR) is 118 cm³/mol. The van der Waals surface area contributed by atoms with E-state index in [1.807, 2.05) is 48.1 Å². The number of piperidine rings is 1. The van der Waals surface area contributed by atoms with Gasteiger partial charge in [-0.15, -0.1) is 10.6 Å². The van der Waals surface area contributed by atoms with Crippen LogP contribution >= 0.6 is 0 Å². The summed E-state index contributed by atoms with van der Waals surface area (Å²) in [7, 11) is 1.85. The maximum Gasteiger partial charge on any atom is 0.410 e. The van der Waals surface area contributed by atoms with Crippen LogP contribution in [-0.4, -0.2) is 54.8 Å². The fraction of sp³-hybridized carbons (Fsp3) is 0.652. The molecule has 2 heterocycles. The zero-order valence-corrected chi connectivity index (χ0v) is 18.5. The second-order valence-corrected chi connectivity index (χ2v) is 9.66. The van der Waals surface area contributed by atoms with Gasteiger partial charge in [-0.25, -0.2) is 14.9 Å². The summed E-state index contributed by atoms with van der Waals surface area (Å²) in [4.78, 5) is 14.2. The summed E-state index contributed by atoms with van der Waals surface area (Å²) in [5.41, 5.74) is 3.93. The SMILES string of the molecule is CN1N=CN(c2ccc(OCCC3CC3C3CCN(C(=O)OC4(C)CC4)CC3)cc2)N1. The van der Waals surface area contributed by atoms with Crippen molar-refractivity contribution in [1.29, 1.82) is 0 Å². The van der Waals surface area contributed by atoms with E-state index < -0.39 is 0 Å². The van der Waals surface area contributed by atoms with Gasteiger partial charge in [0.1, 0.15) is 17.7 Å². The Bertz CT molecular complexity index is 817. The summed E-state index contributed by atoms with van der Waals surface area (Å²) in [6.07, 6.45) is 8.28. The van der Waals surface area contributed by atoms with Gasteiger partial charge >= 0.3 is 6.09 Å². The zero-order chi connectivity index (χ0) is 21.4. The number of anilines is 1. The highest BCUT2D eigenvalue weighted by Gasteiger charge is 2.45. The fourth-order valence-corrected chi connectivity index (χ4v) is 4.74. The normalized spacial score (nSPS) is 26.8. The molecule has 0 bridgehead atoms. The first kappa shape index (κ1) is 20.4. The quantitative estimate of drug-likeness (QED) is 0.717. The summed E-state index contributed by atoms with van der Waals surface area (Å²) < 4.78 is 11.6. The second-order valence-electron chi connectivity index (χ2n) is 9.66. The Balaban J connectivity index is 0.992. The molecule has 3 fully saturated rings. The molecule has 2 unspecified atom stereocenters. The van der Waals surface area contributed by atoms with Crippen molar-refractivity contribution in [3.8, 4) is 5.75 Å². The van der Waals surface area contributed by atoms with Crippen molar-refractivity contribution < 1.29 is 14.3 Å². The van der Waals surface area contributed by atoms with Crippen LogP contribution in [0.4, 0.5) is 10.5 Å². The van der Waals surface area contributed by atoms with Crippen molar-refractivity contribution >= 4 is 18.1 Å². The molecule has 1 N–H and O–H groups in total. The van der Waals surface area contributed by atoms with Crippen LogP contribution in [0.2, 0.25) is 0 Å². The van der Waals surface area contributed by atoms with E-state index in [9.17, 15) is 4.79 Å². The van der Waals surface area contributed by atoms with Gasteiger partial charge in [-0.05, 0) is 87.5 Å². The van der Waals surface area contributed by atoms with Crippen molar-refractivity contribution in [1.82, 2.24) is 15.6 Å². The number of amides is 1. The number of carbonyl (C=O) groups excluding carboxylic acids is 1. The topological polar surface area (TPSA) is 69.6 Å². The van der Waals surface area contributed by atoms with Gasteiger partial charge in [0, 0.05) is 20.1 Å². The Hall–Kier alpha value is -2.48. The summed E-state index contributed by atoms with van der Waals surface area (Å²) in [5.74, 6) is 3.23. The van der Waals surface area contributed by atoms with Crippen LogP contribution in [0.3, 0.4) is 0 Å². The maximum atomic E-state index is 12.3. The third kappa shape index (κ3) is 4.89. The molecule has 5 rings (SSSR count). The molecule has 1 amide bonds. The Morgan fingerprint density at radius 2 is 1.97 bits per heavy atom. The first-order valence-corrected chi connectivity index (χ1v) is 11.5. The van der Waals surface area contributed by atoms with Crippen molar-refractivity contribution in [2.45, 2.75) is 51.0 Å². The number of ether oxygens (including phenoxy) is 2. The highest BCUT2D eigenvalue weighted by Crippen LogP contribution is 2.50. The standard InChI is InChI=1S/C23H33N5O3/c1-23(10-11-23)31-22(29)27-12-7-17(8-13-27)21-15-18(21)9-14-30-20-5-3-19(4-6-20)28-16-24-26(2)25-28/h3-6,16-18,21,25H,7-15H2,1-2H3. The molecule has 2 atom stereocenters. The average molecular weight is 428 g/mol. The van der Waals surface area contributed by atoms with Gasteiger partial charge in [0.05, 0.1) is 12.3 Å². The van der Waals surface area contributed by atoms with Crippen LogP contribution in [0.1, 0.15) is 45.4 Å². The van der Waals surface area contributed by atoms with Crippen LogP contribution in [0.15, 0.2) is 29.4 Å². The smallest absolute Gasteiger partial charge is 0.410 e. The monoisotopic (exact) mass is 427 g/mol. The number of likely N-dealkylation sites (tertiary alicyclic amines) is 1. The summed E-state index contributed by atoms with van der Waals surface area (Å²) >= 11 is 0. The molecular formula is C23H33N5O3. The first-order chi connectivity index (χ1) is 15.0.